The number of nitrogens with one attached hydrogen (secondary N) is 1. The van der Waals surface area contributed by atoms with Crippen molar-refractivity contribution in [2.24, 2.45) is 0 Å². The molecule has 104 valence electrons. The highest BCUT2D eigenvalue weighted by atomic mass is 19.3. The molecule has 9 heteroatoms. The first-order chi connectivity index (χ1) is 8.82. The van der Waals surface area contributed by atoms with Crippen molar-refractivity contribution in [2.75, 3.05) is 11.9 Å². The summed E-state index contributed by atoms with van der Waals surface area (Å²) >= 11 is 0. The van der Waals surface area contributed by atoms with Crippen molar-refractivity contribution in [1.29, 1.82) is 0 Å². The molecular formula is C10H10F2N2O5. The van der Waals surface area contributed by atoms with Crippen LogP contribution in [0, 0.1) is 10.1 Å². The van der Waals surface area contributed by atoms with Gasteiger partial charge in [-0.05, 0) is 12.1 Å². The first-order valence-electron chi connectivity index (χ1n) is 5.04. The van der Waals surface area contributed by atoms with Crippen molar-refractivity contribution in [3.8, 4) is 0 Å². The van der Waals surface area contributed by atoms with E-state index in [0.29, 0.717) is 0 Å². The number of halogens is 2. The van der Waals surface area contributed by atoms with Crippen molar-refractivity contribution in [3.05, 3.63) is 33.9 Å². The van der Waals surface area contributed by atoms with Gasteiger partial charge in [0.1, 0.15) is 11.7 Å². The van der Waals surface area contributed by atoms with E-state index in [0.717, 1.165) is 12.1 Å². The summed E-state index contributed by atoms with van der Waals surface area (Å²) in [6.45, 7) is -0.513. The molecular weight excluding hydrogens is 266 g/mol. The van der Waals surface area contributed by atoms with Gasteiger partial charge in [-0.1, -0.05) is 0 Å². The monoisotopic (exact) mass is 276 g/mol. The third-order valence-electron chi connectivity index (χ3n) is 2.23. The number of nitrogens with zero attached hydrogens (tertiary/aromatic N) is 1. The van der Waals surface area contributed by atoms with Crippen LogP contribution >= 0.6 is 0 Å². The highest BCUT2D eigenvalue weighted by molar-refractivity contribution is 5.93. The predicted octanol–water partition coefficient (Wildman–Crippen LogP) is 1.33. The second-order valence-electron chi connectivity index (χ2n) is 3.58. The van der Waals surface area contributed by atoms with Crippen molar-refractivity contribution >= 4 is 17.3 Å². The molecule has 0 aliphatic heterocycles. The molecule has 1 unspecified atom stereocenters. The number of hydrogen-bond donors (Lipinski definition) is 3. The minimum absolute atomic E-state index is 0.0661. The maximum Gasteiger partial charge on any atom is 0.342 e. The first-order valence-corrected chi connectivity index (χ1v) is 5.04. The average molecular weight is 276 g/mol. The summed E-state index contributed by atoms with van der Waals surface area (Å²) < 4.78 is 24.1. The van der Waals surface area contributed by atoms with Gasteiger partial charge in [-0.2, -0.15) is 0 Å². The highest BCUT2D eigenvalue weighted by Crippen LogP contribution is 2.23. The van der Waals surface area contributed by atoms with E-state index in [-0.39, 0.29) is 5.69 Å². The van der Waals surface area contributed by atoms with Crippen LogP contribution in [0.3, 0.4) is 0 Å². The van der Waals surface area contributed by atoms with Crippen molar-refractivity contribution in [2.45, 2.75) is 12.5 Å². The molecule has 0 radical (unpaired) electrons. The number of aliphatic hydroxyl groups excluding tert-OH is 1. The van der Waals surface area contributed by atoms with Crippen LogP contribution in [0.25, 0.3) is 0 Å². The molecule has 0 aromatic heterocycles. The Morgan fingerprint density at radius 3 is 2.58 bits per heavy atom. The van der Waals surface area contributed by atoms with E-state index in [1.807, 2.05) is 0 Å². The fourth-order valence-corrected chi connectivity index (χ4v) is 1.29. The lowest BCUT2D eigenvalue weighted by Crippen LogP contribution is -2.26. The summed E-state index contributed by atoms with van der Waals surface area (Å²) in [5.41, 5.74) is -1.11. The molecule has 1 aromatic carbocycles. The van der Waals surface area contributed by atoms with Crippen LogP contribution in [0.2, 0.25) is 0 Å². The molecule has 0 heterocycles. The third-order valence-corrected chi connectivity index (χ3v) is 2.23. The summed E-state index contributed by atoms with van der Waals surface area (Å²) in [5, 5.41) is 30.6. The number of alkyl halides is 2. The number of rotatable bonds is 6. The van der Waals surface area contributed by atoms with Gasteiger partial charge in [0.25, 0.3) is 12.1 Å². The maximum atomic E-state index is 12.0. The van der Waals surface area contributed by atoms with Crippen molar-refractivity contribution in [1.82, 2.24) is 0 Å². The molecule has 1 atom stereocenters. The normalized spacial score (nSPS) is 12.2. The fraction of sp³-hybridized carbons (Fsp3) is 0.300. The van der Waals surface area contributed by atoms with E-state index in [4.69, 9.17) is 10.2 Å². The molecule has 0 saturated heterocycles. The maximum absolute atomic E-state index is 12.0. The second-order valence-corrected chi connectivity index (χ2v) is 3.58. The van der Waals surface area contributed by atoms with Crippen LogP contribution < -0.4 is 5.32 Å². The zero-order valence-corrected chi connectivity index (χ0v) is 9.42. The Labute approximate surface area is 105 Å². The molecule has 0 bridgehead atoms. The summed E-state index contributed by atoms with van der Waals surface area (Å²) in [6.07, 6.45) is -4.86. The lowest BCUT2D eigenvalue weighted by molar-refractivity contribution is -0.385. The van der Waals surface area contributed by atoms with Crippen molar-refractivity contribution in [3.63, 3.8) is 0 Å². The van der Waals surface area contributed by atoms with Crippen LogP contribution in [0.15, 0.2) is 18.2 Å². The van der Waals surface area contributed by atoms with E-state index in [1.54, 1.807) is 0 Å². The van der Waals surface area contributed by atoms with Crippen molar-refractivity contribution < 1.29 is 28.7 Å². The van der Waals surface area contributed by atoms with Crippen LogP contribution in [0.5, 0.6) is 0 Å². The van der Waals surface area contributed by atoms with E-state index in [9.17, 15) is 23.7 Å². The number of carbonyl (C=O) groups is 1. The molecule has 3 N–H and O–H groups in total. The number of aromatic carboxylic acids is 1. The van der Waals surface area contributed by atoms with E-state index >= 15 is 0 Å². The number of hydrogen-bond acceptors (Lipinski definition) is 5. The van der Waals surface area contributed by atoms with Gasteiger partial charge < -0.3 is 15.5 Å². The summed E-state index contributed by atoms with van der Waals surface area (Å²) in [7, 11) is 0. The Balaban J connectivity index is 2.90. The zero-order valence-electron chi connectivity index (χ0n) is 9.42. The second kappa shape index (κ2) is 6.05. The zero-order chi connectivity index (χ0) is 14.6. The number of nitro groups is 1. The van der Waals surface area contributed by atoms with Crippen LogP contribution in [-0.2, 0) is 0 Å². The van der Waals surface area contributed by atoms with Gasteiger partial charge >= 0.3 is 5.97 Å². The smallest absolute Gasteiger partial charge is 0.342 e. The number of anilines is 1. The topological polar surface area (TPSA) is 113 Å². The van der Waals surface area contributed by atoms with Crippen LogP contribution in [0.1, 0.15) is 10.4 Å². The number of benzene rings is 1. The average Bonchev–Trinajstić information content (AvgIpc) is 2.35. The van der Waals surface area contributed by atoms with Gasteiger partial charge in [0.05, 0.1) is 4.92 Å². The largest absolute Gasteiger partial charge is 0.477 e. The van der Waals surface area contributed by atoms with Crippen LogP contribution in [0.4, 0.5) is 20.2 Å². The Bertz CT molecular complexity index is 495. The van der Waals surface area contributed by atoms with E-state index < -0.39 is 41.2 Å². The number of carboxylic acids is 1. The Hall–Kier alpha value is -2.29. The molecule has 0 amide bonds. The first kappa shape index (κ1) is 14.8. The molecule has 0 fully saturated rings. The standard InChI is InChI=1S/C10H10F2N2O5/c11-9(12)8(15)4-13-5-1-2-6(10(16)17)7(3-5)14(18)19/h1-3,8-9,13,15H,4H2,(H,16,17). The SMILES string of the molecule is O=C(O)c1ccc(NCC(O)C(F)F)cc1[N+](=O)[O-]. The van der Waals surface area contributed by atoms with Gasteiger partial charge in [-0.25, -0.2) is 13.6 Å². The fourth-order valence-electron chi connectivity index (χ4n) is 1.29. The van der Waals surface area contributed by atoms with Gasteiger partial charge in [0.2, 0.25) is 0 Å². The lowest BCUT2D eigenvalue weighted by atomic mass is 10.1. The van der Waals surface area contributed by atoms with Crippen LogP contribution in [-0.4, -0.2) is 40.2 Å². The van der Waals surface area contributed by atoms with Gasteiger partial charge in [0.15, 0.2) is 0 Å². The summed E-state index contributed by atoms with van der Waals surface area (Å²) in [4.78, 5) is 20.5. The molecule has 7 nitrogen and oxygen atoms in total. The molecule has 1 aromatic rings. The quantitative estimate of drug-likeness (QED) is 0.533. The summed E-state index contributed by atoms with van der Waals surface area (Å²) in [5.74, 6) is -1.47. The Morgan fingerprint density at radius 2 is 2.11 bits per heavy atom. The third kappa shape index (κ3) is 3.85. The summed E-state index contributed by atoms with van der Waals surface area (Å²) in [6, 6.07) is 3.08. The minimum Gasteiger partial charge on any atom is -0.477 e. The molecule has 0 saturated carbocycles. The lowest BCUT2D eigenvalue weighted by Gasteiger charge is -2.11. The molecule has 0 spiro atoms. The molecule has 0 aliphatic rings. The number of nitro benzene ring substituents is 1. The highest BCUT2D eigenvalue weighted by Gasteiger charge is 2.21. The molecule has 19 heavy (non-hydrogen) atoms. The van der Waals surface area contributed by atoms with Gasteiger partial charge in [0, 0.05) is 18.3 Å². The minimum atomic E-state index is -2.94. The number of aliphatic hydroxyl groups is 1. The van der Waals surface area contributed by atoms with Gasteiger partial charge in [-0.3, -0.25) is 10.1 Å². The number of carboxylic acid groups (broad SMARTS) is 1. The molecule has 1 rings (SSSR count). The van der Waals surface area contributed by atoms with Gasteiger partial charge in [-0.15, -0.1) is 0 Å². The van der Waals surface area contributed by atoms with E-state index in [2.05, 4.69) is 5.32 Å². The Kier molecular flexibility index (Phi) is 4.70. The predicted molar refractivity (Wildman–Crippen MR) is 60.6 cm³/mol. The Morgan fingerprint density at radius 1 is 1.47 bits per heavy atom. The molecule has 0 aliphatic carbocycles. The van der Waals surface area contributed by atoms with E-state index in [1.165, 1.54) is 6.07 Å².